The van der Waals surface area contributed by atoms with Gasteiger partial charge in [0.15, 0.2) is 4.34 Å². The van der Waals surface area contributed by atoms with Crippen molar-refractivity contribution < 1.29 is 19.8 Å². The van der Waals surface area contributed by atoms with Crippen LogP contribution in [0.25, 0.3) is 10.2 Å². The number of hydrogen-bond donors (Lipinski definition) is 2. The number of aliphatic carboxylic acids is 1. The van der Waals surface area contributed by atoms with Crippen molar-refractivity contribution in [3.8, 4) is 0 Å². The second-order valence-electron chi connectivity index (χ2n) is 8.07. The van der Waals surface area contributed by atoms with Crippen molar-refractivity contribution in [3.63, 3.8) is 0 Å². The zero-order valence-corrected chi connectivity index (χ0v) is 21.7. The van der Waals surface area contributed by atoms with Gasteiger partial charge >= 0.3 is 5.97 Å². The second kappa shape index (κ2) is 8.94. The van der Waals surface area contributed by atoms with Crippen molar-refractivity contribution in [2.45, 2.75) is 42.7 Å². The molecule has 5 atom stereocenters. The van der Waals surface area contributed by atoms with Gasteiger partial charge in [-0.2, -0.15) is 0 Å². The first-order valence-electron chi connectivity index (χ1n) is 9.94. The van der Waals surface area contributed by atoms with Gasteiger partial charge in [0.05, 0.1) is 28.3 Å². The number of rotatable bonds is 5. The van der Waals surface area contributed by atoms with Crippen molar-refractivity contribution in [1.29, 1.82) is 0 Å². The van der Waals surface area contributed by atoms with Crippen LogP contribution in [0.1, 0.15) is 26.2 Å². The molecule has 1 aromatic carbocycles. The predicted octanol–water partition coefficient (Wildman–Crippen LogP) is 2.98. The van der Waals surface area contributed by atoms with Gasteiger partial charge in [0, 0.05) is 63.1 Å². The van der Waals surface area contributed by atoms with Gasteiger partial charge in [0.25, 0.3) is 0 Å². The van der Waals surface area contributed by atoms with E-state index in [9.17, 15) is 19.8 Å². The molecule has 1 radical (unpaired) electrons. The van der Waals surface area contributed by atoms with Crippen molar-refractivity contribution in [2.75, 3.05) is 5.75 Å². The van der Waals surface area contributed by atoms with Crippen LogP contribution in [0.3, 0.4) is 0 Å². The van der Waals surface area contributed by atoms with Crippen molar-refractivity contribution in [3.05, 3.63) is 35.5 Å². The summed E-state index contributed by atoms with van der Waals surface area (Å²) in [5, 5.41) is 20.0. The number of hydrogen-bond acceptors (Lipinski definition) is 6. The third-order valence-electron chi connectivity index (χ3n) is 6.43. The third kappa shape index (κ3) is 3.65. The predicted molar refractivity (Wildman–Crippen MR) is 117 cm³/mol. The summed E-state index contributed by atoms with van der Waals surface area (Å²) >= 11 is 3.33. The summed E-state index contributed by atoms with van der Waals surface area (Å²) in [5.41, 5.74) is 2.08. The SMILES string of the molecule is C[C@@H](O)[C@H]1C(=O)N2C(C(=O)O)=C3[C@@H](CSc4nc5ccccc5s4)CCC[C@@H]3[C@H]12.[K]. The number of fused-ring (bicyclic) bond motifs is 4. The molecule has 153 valence electrons. The number of aromatic nitrogens is 1. The van der Waals surface area contributed by atoms with E-state index >= 15 is 0 Å². The van der Waals surface area contributed by atoms with Crippen LogP contribution < -0.4 is 0 Å². The van der Waals surface area contributed by atoms with Crippen LogP contribution in [-0.4, -0.2) is 101 Å². The molecular formula is C21H22KN2O4S2. The van der Waals surface area contributed by atoms with Gasteiger partial charge in [0.2, 0.25) is 5.91 Å². The first-order chi connectivity index (χ1) is 14.0. The van der Waals surface area contributed by atoms with Gasteiger partial charge in [-0.05, 0) is 43.4 Å². The minimum Gasteiger partial charge on any atom is -0.477 e. The summed E-state index contributed by atoms with van der Waals surface area (Å²) in [6.45, 7) is 1.63. The molecule has 9 heteroatoms. The number of carboxylic acid groups (broad SMARTS) is 1. The molecule has 1 saturated heterocycles. The van der Waals surface area contributed by atoms with Crippen LogP contribution in [0, 0.1) is 17.8 Å². The number of thioether (sulfide) groups is 1. The summed E-state index contributed by atoms with van der Waals surface area (Å²) in [6, 6.07) is 7.84. The van der Waals surface area contributed by atoms with Crippen molar-refractivity contribution in [1.82, 2.24) is 9.88 Å². The first-order valence-corrected chi connectivity index (χ1v) is 11.7. The van der Waals surface area contributed by atoms with E-state index in [1.165, 1.54) is 4.90 Å². The number of aliphatic hydroxyl groups excluding tert-OH is 1. The molecule has 1 aliphatic carbocycles. The molecule has 0 spiro atoms. The van der Waals surface area contributed by atoms with Gasteiger partial charge in [-0.25, -0.2) is 9.78 Å². The molecule has 2 fully saturated rings. The number of carbonyl (C=O) groups excluding carboxylic acids is 1. The largest absolute Gasteiger partial charge is 0.477 e. The Kier molecular flexibility index (Phi) is 6.83. The molecular weight excluding hydrogens is 447 g/mol. The van der Waals surface area contributed by atoms with E-state index < -0.39 is 18.0 Å². The summed E-state index contributed by atoms with van der Waals surface area (Å²) in [6.07, 6.45) is 2.06. The number of carbonyl (C=O) groups is 2. The molecule has 6 nitrogen and oxygen atoms in total. The molecule has 1 amide bonds. The molecule has 5 rings (SSSR count). The third-order valence-corrected chi connectivity index (χ3v) is 8.77. The average Bonchev–Trinajstić information content (AvgIpc) is 3.23. The van der Waals surface area contributed by atoms with Crippen molar-refractivity contribution in [2.24, 2.45) is 17.8 Å². The fourth-order valence-electron chi connectivity index (χ4n) is 5.26. The number of carboxylic acids is 1. The maximum Gasteiger partial charge on any atom is 0.352 e. The summed E-state index contributed by atoms with van der Waals surface area (Å²) in [5.74, 6) is -0.833. The molecule has 3 aliphatic rings. The number of benzene rings is 1. The standard InChI is InChI=1S/C21H22N2O4S2.K/c1-10(24)15-17-12-6-4-5-11(16(12)18(20(26)27)23(17)19(15)25)9-28-21-22-13-7-2-3-8-14(13)29-21;/h2-3,7-8,10-12,15,17,24H,4-6,9H2,1H3,(H,26,27);/t10-,11-,12+,15-,17-;/m1./s1. The Hall–Kier alpha value is -0.264. The number of para-hydroxylation sites is 1. The molecule has 3 heterocycles. The van der Waals surface area contributed by atoms with Crippen LogP contribution in [0.15, 0.2) is 39.9 Å². The van der Waals surface area contributed by atoms with Gasteiger partial charge in [-0.1, -0.05) is 30.3 Å². The van der Waals surface area contributed by atoms with E-state index in [-0.39, 0.29) is 80.9 Å². The van der Waals surface area contributed by atoms with Gasteiger partial charge in [-0.3, -0.25) is 4.79 Å². The zero-order chi connectivity index (χ0) is 20.3. The van der Waals surface area contributed by atoms with Gasteiger partial charge < -0.3 is 15.1 Å². The summed E-state index contributed by atoms with van der Waals surface area (Å²) in [7, 11) is 0. The van der Waals surface area contributed by atoms with Crippen LogP contribution in [-0.2, 0) is 9.59 Å². The van der Waals surface area contributed by atoms with Crippen LogP contribution in [0.2, 0.25) is 0 Å². The van der Waals surface area contributed by atoms with Crippen LogP contribution in [0.5, 0.6) is 0 Å². The molecule has 2 N–H and O–H groups in total. The fraction of sp³-hybridized carbons (Fsp3) is 0.476. The molecule has 2 aliphatic heterocycles. The smallest absolute Gasteiger partial charge is 0.352 e. The summed E-state index contributed by atoms with van der Waals surface area (Å²) in [4.78, 5) is 30.8. The van der Waals surface area contributed by atoms with E-state index in [1.807, 2.05) is 18.2 Å². The van der Waals surface area contributed by atoms with Gasteiger partial charge in [-0.15, -0.1) is 11.3 Å². The number of aliphatic hydroxyl groups is 1. The number of nitrogens with zero attached hydrogens (tertiary/aromatic N) is 2. The van der Waals surface area contributed by atoms with Crippen molar-refractivity contribution >= 4 is 96.6 Å². The number of amides is 1. The Bertz CT molecular complexity index is 1000. The Morgan fingerprint density at radius 2 is 2.13 bits per heavy atom. The normalized spacial score (nSPS) is 28.6. The van der Waals surface area contributed by atoms with Crippen LogP contribution >= 0.6 is 23.1 Å². The molecule has 1 saturated carbocycles. The average molecular weight is 470 g/mol. The Morgan fingerprint density at radius 3 is 2.83 bits per heavy atom. The maximum atomic E-state index is 12.6. The van der Waals surface area contributed by atoms with E-state index in [4.69, 9.17) is 0 Å². The molecule has 0 unspecified atom stereocenters. The first kappa shape index (κ1) is 22.9. The zero-order valence-electron chi connectivity index (χ0n) is 16.9. The minimum absolute atomic E-state index is 0. The summed E-state index contributed by atoms with van der Waals surface area (Å²) < 4.78 is 2.14. The van der Waals surface area contributed by atoms with Gasteiger partial charge in [0.1, 0.15) is 5.70 Å². The molecule has 30 heavy (non-hydrogen) atoms. The maximum absolute atomic E-state index is 12.6. The monoisotopic (exact) mass is 469 g/mol. The molecule has 0 bridgehead atoms. The van der Waals surface area contributed by atoms with E-state index in [0.29, 0.717) is 0 Å². The Balaban J connectivity index is 0.00000218. The quantitative estimate of drug-likeness (QED) is 0.397. The Labute approximate surface area is 225 Å². The van der Waals surface area contributed by atoms with E-state index in [1.54, 1.807) is 30.0 Å². The van der Waals surface area contributed by atoms with Crippen LogP contribution in [0.4, 0.5) is 0 Å². The molecule has 2 aromatic rings. The van der Waals surface area contributed by atoms with E-state index in [0.717, 1.165) is 45.1 Å². The number of thiazole rings is 1. The fourth-order valence-corrected chi connectivity index (χ4v) is 7.52. The number of β-lactam (4-membered cyclic amide) rings is 1. The molecule has 1 aromatic heterocycles. The Morgan fingerprint density at radius 1 is 1.37 bits per heavy atom. The van der Waals surface area contributed by atoms with E-state index in [2.05, 4.69) is 11.1 Å². The second-order valence-corrected chi connectivity index (χ2v) is 10.4. The minimum atomic E-state index is -1.03. The topological polar surface area (TPSA) is 90.7 Å².